The van der Waals surface area contributed by atoms with Gasteiger partial charge in [0.15, 0.2) is 33.5 Å². The minimum Gasteiger partial charge on any atom is -0.382 e. The molecule has 1 aromatic carbocycles. The second kappa shape index (κ2) is 10.5. The molecule has 1 fully saturated rings. The molecule has 186 valence electrons. The van der Waals surface area contributed by atoms with E-state index in [4.69, 9.17) is 23.1 Å². The molecule has 0 bridgehead atoms. The molecule has 3 aromatic rings. The molecule has 0 aliphatic heterocycles. The Morgan fingerprint density at radius 3 is 2.54 bits per heavy atom. The van der Waals surface area contributed by atoms with Crippen molar-refractivity contribution in [3.8, 4) is 0 Å². The lowest BCUT2D eigenvalue weighted by atomic mass is 9.95. The summed E-state index contributed by atoms with van der Waals surface area (Å²) < 4.78 is 4.17. The minimum atomic E-state index is -0.511. The summed E-state index contributed by atoms with van der Waals surface area (Å²) >= 11 is 5.93. The third-order valence-electron chi connectivity index (χ3n) is 6.54. The van der Waals surface area contributed by atoms with Crippen molar-refractivity contribution in [1.29, 1.82) is 0 Å². The Kier molecular flexibility index (Phi) is 7.39. The van der Waals surface area contributed by atoms with Crippen molar-refractivity contribution in [2.75, 3.05) is 11.5 Å². The van der Waals surface area contributed by atoms with E-state index in [1.54, 1.807) is 0 Å². The second-order valence-corrected chi connectivity index (χ2v) is 9.06. The zero-order valence-corrected chi connectivity index (χ0v) is 20.9. The number of nitrogens with two attached hydrogens (primary N) is 2. The number of rotatable bonds is 7. The third-order valence-corrected chi connectivity index (χ3v) is 6.82. The van der Waals surface area contributed by atoms with Gasteiger partial charge in [0.25, 0.3) is 17.6 Å². The van der Waals surface area contributed by atoms with E-state index in [1.165, 1.54) is 6.42 Å². The lowest BCUT2D eigenvalue weighted by molar-refractivity contribution is -0.676. The zero-order chi connectivity index (χ0) is 25.1. The molecule has 0 unspecified atom stereocenters. The number of fused-ring (bicyclic) bond motifs is 1. The summed E-state index contributed by atoms with van der Waals surface area (Å²) in [5.41, 5.74) is 13.8. The molecule has 0 saturated heterocycles. The van der Waals surface area contributed by atoms with Crippen LogP contribution in [-0.4, -0.2) is 32.4 Å². The predicted octanol–water partition coefficient (Wildman–Crippen LogP) is 2.57. The molecule has 1 saturated carbocycles. The predicted molar refractivity (Wildman–Crippen MR) is 135 cm³/mol. The smallest absolute Gasteiger partial charge is 0.277 e. The number of nitrogen functional groups attached to an aromatic ring is 2. The molecule has 0 spiro atoms. The lowest BCUT2D eigenvalue weighted by Gasteiger charge is -2.22. The summed E-state index contributed by atoms with van der Waals surface area (Å²) in [5, 5.41) is 6.02. The number of halogens is 1. The van der Waals surface area contributed by atoms with Crippen molar-refractivity contribution in [1.82, 2.24) is 25.2 Å². The Balaban J connectivity index is 1.66. The quantitative estimate of drug-likeness (QED) is 0.367. The fraction of sp³-hybridized carbons (Fsp3) is 0.458. The van der Waals surface area contributed by atoms with E-state index in [-0.39, 0.29) is 41.0 Å². The highest BCUT2D eigenvalue weighted by Crippen LogP contribution is 2.22. The Hall–Kier alpha value is -3.40. The Bertz CT molecular complexity index is 1270. The molecule has 35 heavy (non-hydrogen) atoms. The molecule has 0 atom stereocenters. The first-order valence-corrected chi connectivity index (χ1v) is 12.4. The SMILES string of the molecule is CCn1c(CNC(=O)c2nc(Cl)c(N)nc2N)[n+](CC)c2c(C(=O)NC3CCCCC3)cccc21. The molecule has 1 aliphatic carbocycles. The maximum Gasteiger partial charge on any atom is 0.277 e. The van der Waals surface area contributed by atoms with Gasteiger partial charge in [-0.3, -0.25) is 9.59 Å². The van der Waals surface area contributed by atoms with E-state index < -0.39 is 5.91 Å². The largest absolute Gasteiger partial charge is 0.382 e. The van der Waals surface area contributed by atoms with Gasteiger partial charge < -0.3 is 22.1 Å². The van der Waals surface area contributed by atoms with E-state index >= 15 is 0 Å². The highest BCUT2D eigenvalue weighted by Gasteiger charge is 2.29. The van der Waals surface area contributed by atoms with Gasteiger partial charge in [-0.25, -0.2) is 19.1 Å². The number of imidazole rings is 1. The van der Waals surface area contributed by atoms with Crippen LogP contribution in [0.15, 0.2) is 18.2 Å². The first-order valence-electron chi connectivity index (χ1n) is 12.1. The number of benzene rings is 1. The van der Waals surface area contributed by atoms with E-state index in [2.05, 4.69) is 29.7 Å². The van der Waals surface area contributed by atoms with Gasteiger partial charge in [-0.15, -0.1) is 0 Å². The average Bonchev–Trinajstić information content (AvgIpc) is 3.17. The van der Waals surface area contributed by atoms with E-state index in [9.17, 15) is 9.59 Å². The van der Waals surface area contributed by atoms with Crippen molar-refractivity contribution < 1.29 is 14.2 Å². The Morgan fingerprint density at radius 2 is 1.86 bits per heavy atom. The fourth-order valence-corrected chi connectivity index (χ4v) is 5.00. The van der Waals surface area contributed by atoms with Gasteiger partial charge in [-0.2, -0.15) is 0 Å². The van der Waals surface area contributed by atoms with Crippen molar-refractivity contribution in [3.05, 3.63) is 40.4 Å². The number of amides is 2. The molecule has 10 nitrogen and oxygen atoms in total. The third kappa shape index (κ3) is 4.88. The number of aryl methyl sites for hydroxylation is 2. The molecule has 1 aliphatic rings. The van der Waals surface area contributed by atoms with Crippen LogP contribution >= 0.6 is 11.6 Å². The summed E-state index contributed by atoms with van der Waals surface area (Å²) in [6.45, 7) is 5.53. The molecule has 2 heterocycles. The highest BCUT2D eigenvalue weighted by molar-refractivity contribution is 6.31. The number of nitrogens with zero attached hydrogens (tertiary/aromatic N) is 4. The van der Waals surface area contributed by atoms with Gasteiger partial charge >= 0.3 is 0 Å². The van der Waals surface area contributed by atoms with Gasteiger partial charge in [0.05, 0.1) is 18.7 Å². The number of hydrogen-bond acceptors (Lipinski definition) is 6. The topological polar surface area (TPSA) is 145 Å². The molecule has 0 radical (unpaired) electrons. The van der Waals surface area contributed by atoms with Crippen LogP contribution in [0.2, 0.25) is 5.15 Å². The molecule has 4 rings (SSSR count). The van der Waals surface area contributed by atoms with Crippen LogP contribution in [0.3, 0.4) is 0 Å². The molecular weight excluding hydrogens is 468 g/mol. The monoisotopic (exact) mass is 499 g/mol. The number of anilines is 2. The summed E-state index contributed by atoms with van der Waals surface area (Å²) in [4.78, 5) is 34.0. The number of carbonyl (C=O) groups excluding carboxylic acids is 2. The normalized spacial score (nSPS) is 14.3. The molecule has 6 N–H and O–H groups in total. The van der Waals surface area contributed by atoms with Gasteiger partial charge in [0.1, 0.15) is 6.54 Å². The number of nitrogens with one attached hydrogen (secondary N) is 2. The van der Waals surface area contributed by atoms with Crippen molar-refractivity contribution >= 4 is 46.1 Å². The van der Waals surface area contributed by atoms with Crippen LogP contribution in [0.1, 0.15) is 72.6 Å². The van der Waals surface area contributed by atoms with Crippen molar-refractivity contribution in [3.63, 3.8) is 0 Å². The number of aromatic nitrogens is 4. The maximum absolute atomic E-state index is 13.3. The minimum absolute atomic E-state index is 0.0327. The first kappa shape index (κ1) is 24.7. The summed E-state index contributed by atoms with van der Waals surface area (Å²) in [7, 11) is 0. The van der Waals surface area contributed by atoms with Crippen LogP contribution in [0.25, 0.3) is 11.0 Å². The molecule has 2 aromatic heterocycles. The van der Waals surface area contributed by atoms with Crippen LogP contribution < -0.4 is 26.7 Å². The van der Waals surface area contributed by atoms with E-state index in [0.717, 1.165) is 42.5 Å². The second-order valence-electron chi connectivity index (χ2n) is 8.70. The van der Waals surface area contributed by atoms with Crippen molar-refractivity contribution in [2.45, 2.75) is 71.6 Å². The van der Waals surface area contributed by atoms with Crippen LogP contribution in [0.4, 0.5) is 11.6 Å². The zero-order valence-electron chi connectivity index (χ0n) is 20.1. The Morgan fingerprint density at radius 1 is 1.11 bits per heavy atom. The van der Waals surface area contributed by atoms with Crippen LogP contribution in [-0.2, 0) is 19.6 Å². The lowest BCUT2D eigenvalue weighted by Crippen LogP contribution is -2.42. The summed E-state index contributed by atoms with van der Waals surface area (Å²) in [6.07, 6.45) is 5.56. The first-order chi connectivity index (χ1) is 16.8. The number of para-hydroxylation sites is 1. The maximum atomic E-state index is 13.3. The Labute approximate surface area is 209 Å². The molecular formula is C24H32ClN8O2+. The highest BCUT2D eigenvalue weighted by atomic mass is 35.5. The standard InChI is InChI=1S/C24H31ClN8O2/c1-3-32-16-12-8-11-15(23(34)29-14-9-6-5-7-10-14)19(16)33(4-2)17(32)13-28-24(35)18-21(26)31-22(27)20(25)30-18/h8,11-12,14H,3-7,9-10,13H2,1-2H3,(H5-,26,27,28,29,31,34,35)/p+1. The van der Waals surface area contributed by atoms with Crippen LogP contribution in [0, 0.1) is 0 Å². The molecule has 11 heteroatoms. The van der Waals surface area contributed by atoms with Crippen LogP contribution in [0.5, 0.6) is 0 Å². The fourth-order valence-electron chi connectivity index (χ4n) is 4.88. The summed E-state index contributed by atoms with van der Waals surface area (Å²) in [6, 6.07) is 5.98. The number of carbonyl (C=O) groups is 2. The van der Waals surface area contributed by atoms with Gasteiger partial charge in [-0.05, 0) is 38.8 Å². The van der Waals surface area contributed by atoms with Crippen molar-refractivity contribution in [2.24, 2.45) is 0 Å². The summed E-state index contributed by atoms with van der Waals surface area (Å²) in [5.74, 6) is 0.153. The van der Waals surface area contributed by atoms with E-state index in [1.807, 2.05) is 32.0 Å². The average molecular weight is 500 g/mol. The van der Waals surface area contributed by atoms with Gasteiger partial charge in [-0.1, -0.05) is 36.9 Å². The van der Waals surface area contributed by atoms with Gasteiger partial charge in [0.2, 0.25) is 0 Å². The molecule has 2 amide bonds. The number of hydrogen-bond donors (Lipinski definition) is 4. The van der Waals surface area contributed by atoms with Gasteiger partial charge in [0, 0.05) is 6.04 Å². The van der Waals surface area contributed by atoms with E-state index in [0.29, 0.717) is 18.7 Å².